The summed E-state index contributed by atoms with van der Waals surface area (Å²) in [5.41, 5.74) is 2.38. The molecule has 0 spiro atoms. The Hall–Kier alpha value is -3.57. The summed E-state index contributed by atoms with van der Waals surface area (Å²) < 4.78 is 46.0. The summed E-state index contributed by atoms with van der Waals surface area (Å²) in [6.45, 7) is 5.80. The number of hydrogen-bond acceptors (Lipinski definition) is 4. The van der Waals surface area contributed by atoms with Gasteiger partial charge in [-0.3, -0.25) is 0 Å². The van der Waals surface area contributed by atoms with Crippen molar-refractivity contribution in [2.24, 2.45) is 0 Å². The van der Waals surface area contributed by atoms with E-state index in [-0.39, 0.29) is 5.56 Å². The lowest BCUT2D eigenvalue weighted by molar-refractivity contribution is -0.137. The van der Waals surface area contributed by atoms with Crippen LogP contribution in [-0.2, 0) is 11.8 Å². The lowest BCUT2D eigenvalue weighted by Crippen LogP contribution is -2.29. The number of halogens is 3. The van der Waals surface area contributed by atoms with Crippen molar-refractivity contribution < 1.29 is 17.9 Å². The molecule has 0 unspecified atom stereocenters. The first kappa shape index (κ1) is 21.3. The fraction of sp³-hybridized carbons (Fsp3) is 0.200. The van der Waals surface area contributed by atoms with Gasteiger partial charge in [0.25, 0.3) is 0 Å². The zero-order valence-corrected chi connectivity index (χ0v) is 18.8. The van der Waals surface area contributed by atoms with Gasteiger partial charge >= 0.3 is 6.18 Å². The molecule has 8 heteroatoms. The number of alkyl halides is 3. The molecule has 0 saturated carbocycles. The van der Waals surface area contributed by atoms with Gasteiger partial charge in [-0.25, -0.2) is 9.97 Å². The van der Waals surface area contributed by atoms with Gasteiger partial charge in [0, 0.05) is 27.8 Å². The number of hydrogen-bond donors (Lipinski definition) is 1. The van der Waals surface area contributed by atoms with Crippen molar-refractivity contribution in [3.05, 3.63) is 75.9 Å². The van der Waals surface area contributed by atoms with Crippen LogP contribution < -0.4 is 4.74 Å². The standard InChI is InChI=1S/C25H18F3N3OS/c1-14-13-33-23(29-14)22-30-20-17-11-9-15(12-19(17)32-24(2,3)21(20)31-22)8-10-16-6-4-5-7-18(16)25(26,27)28/h4-7,9,11-13H,1-3H3,(H,30,31). The van der Waals surface area contributed by atoms with Crippen LogP contribution in [0.5, 0.6) is 5.75 Å². The molecule has 2 aromatic heterocycles. The minimum atomic E-state index is -4.46. The fourth-order valence-electron chi connectivity index (χ4n) is 3.75. The van der Waals surface area contributed by atoms with Crippen molar-refractivity contribution in [3.63, 3.8) is 0 Å². The van der Waals surface area contributed by atoms with Gasteiger partial charge in [-0.1, -0.05) is 24.0 Å². The molecule has 0 atom stereocenters. The average Bonchev–Trinajstić information content (AvgIpc) is 3.38. The maximum atomic E-state index is 13.2. The number of aromatic amines is 1. The molecule has 0 bridgehead atoms. The molecule has 5 rings (SSSR count). The molecule has 3 heterocycles. The van der Waals surface area contributed by atoms with Crippen LogP contribution in [0.25, 0.3) is 22.1 Å². The summed E-state index contributed by atoms with van der Waals surface area (Å²) in [5.74, 6) is 6.76. The molecule has 0 fully saturated rings. The molecule has 0 aliphatic carbocycles. The third-order valence-electron chi connectivity index (χ3n) is 5.30. The van der Waals surface area contributed by atoms with Crippen molar-refractivity contribution >= 4 is 11.3 Å². The Balaban J connectivity index is 1.54. The third kappa shape index (κ3) is 3.89. The Labute approximate surface area is 192 Å². The summed E-state index contributed by atoms with van der Waals surface area (Å²) in [6.07, 6.45) is -4.46. The summed E-state index contributed by atoms with van der Waals surface area (Å²) in [4.78, 5) is 12.6. The lowest BCUT2D eigenvalue weighted by Gasteiger charge is -2.31. The van der Waals surface area contributed by atoms with Crippen molar-refractivity contribution in [2.75, 3.05) is 0 Å². The second-order valence-electron chi connectivity index (χ2n) is 8.22. The number of H-pyrrole nitrogens is 1. The topological polar surface area (TPSA) is 50.8 Å². The number of rotatable bonds is 1. The first-order valence-electron chi connectivity index (χ1n) is 10.2. The van der Waals surface area contributed by atoms with Crippen LogP contribution in [0.4, 0.5) is 13.2 Å². The van der Waals surface area contributed by atoms with Crippen molar-refractivity contribution in [3.8, 4) is 39.7 Å². The number of nitrogens with one attached hydrogen (secondary N) is 1. The van der Waals surface area contributed by atoms with Crippen LogP contribution in [-0.4, -0.2) is 15.0 Å². The Morgan fingerprint density at radius 1 is 1.06 bits per heavy atom. The normalized spacial score (nSPS) is 14.0. The highest BCUT2D eigenvalue weighted by molar-refractivity contribution is 7.13. The minimum absolute atomic E-state index is 0.0676. The van der Waals surface area contributed by atoms with E-state index in [1.807, 2.05) is 32.2 Å². The quantitative estimate of drug-likeness (QED) is 0.324. The van der Waals surface area contributed by atoms with Crippen LogP contribution in [0.15, 0.2) is 47.8 Å². The summed E-state index contributed by atoms with van der Waals surface area (Å²) in [5, 5.41) is 2.76. The molecule has 4 aromatic rings. The van der Waals surface area contributed by atoms with E-state index in [0.29, 0.717) is 17.1 Å². The van der Waals surface area contributed by atoms with E-state index in [1.54, 1.807) is 18.2 Å². The fourth-order valence-corrected chi connectivity index (χ4v) is 4.49. The average molecular weight is 466 g/mol. The maximum absolute atomic E-state index is 13.2. The first-order chi connectivity index (χ1) is 15.6. The highest BCUT2D eigenvalue weighted by atomic mass is 32.1. The Morgan fingerprint density at radius 2 is 1.85 bits per heavy atom. The lowest BCUT2D eigenvalue weighted by atomic mass is 9.94. The monoisotopic (exact) mass is 465 g/mol. The van der Waals surface area contributed by atoms with Gasteiger partial charge < -0.3 is 9.72 Å². The second-order valence-corrected chi connectivity index (χ2v) is 9.08. The Morgan fingerprint density at radius 3 is 2.58 bits per heavy atom. The van der Waals surface area contributed by atoms with Crippen LogP contribution in [0.3, 0.4) is 0 Å². The highest BCUT2D eigenvalue weighted by Crippen LogP contribution is 2.45. The zero-order valence-electron chi connectivity index (χ0n) is 18.0. The van der Waals surface area contributed by atoms with Crippen LogP contribution in [0, 0.1) is 18.8 Å². The number of ether oxygens (including phenoxy) is 1. The second kappa shape index (κ2) is 7.49. The van der Waals surface area contributed by atoms with Crippen LogP contribution in [0.2, 0.25) is 0 Å². The van der Waals surface area contributed by atoms with E-state index < -0.39 is 17.3 Å². The number of imidazole rings is 1. The Bertz CT molecular complexity index is 1440. The third-order valence-corrected chi connectivity index (χ3v) is 6.27. The van der Waals surface area contributed by atoms with Gasteiger partial charge in [0.05, 0.1) is 17.0 Å². The number of aryl methyl sites for hydroxylation is 1. The molecule has 0 radical (unpaired) electrons. The van der Waals surface area contributed by atoms with Gasteiger partial charge in [-0.2, -0.15) is 13.2 Å². The summed E-state index contributed by atoms with van der Waals surface area (Å²) in [7, 11) is 0. The number of nitrogens with zero attached hydrogens (tertiary/aromatic N) is 2. The van der Waals surface area contributed by atoms with Gasteiger partial charge in [-0.15, -0.1) is 11.3 Å². The molecule has 33 heavy (non-hydrogen) atoms. The molecular formula is C25H18F3N3OS. The van der Waals surface area contributed by atoms with Gasteiger partial charge in [-0.05, 0) is 51.1 Å². The zero-order chi connectivity index (χ0) is 23.4. The molecule has 166 valence electrons. The highest BCUT2D eigenvalue weighted by Gasteiger charge is 2.36. The molecule has 1 aliphatic heterocycles. The van der Waals surface area contributed by atoms with Crippen molar-refractivity contribution in [2.45, 2.75) is 32.5 Å². The van der Waals surface area contributed by atoms with Gasteiger partial charge in [0.1, 0.15) is 11.4 Å². The van der Waals surface area contributed by atoms with Crippen molar-refractivity contribution in [1.29, 1.82) is 0 Å². The Kier molecular flexibility index (Phi) is 4.83. The van der Waals surface area contributed by atoms with E-state index in [2.05, 4.69) is 21.8 Å². The molecule has 0 saturated heterocycles. The van der Waals surface area contributed by atoms with Gasteiger partial charge in [0.2, 0.25) is 0 Å². The predicted molar refractivity (Wildman–Crippen MR) is 121 cm³/mol. The minimum Gasteiger partial charge on any atom is -0.481 e. The van der Waals surface area contributed by atoms with E-state index in [4.69, 9.17) is 9.72 Å². The number of fused-ring (bicyclic) bond motifs is 3. The smallest absolute Gasteiger partial charge is 0.417 e. The van der Waals surface area contributed by atoms with E-state index in [0.717, 1.165) is 33.7 Å². The maximum Gasteiger partial charge on any atom is 0.417 e. The SMILES string of the molecule is Cc1csc(-c2nc3c([nH]2)C(C)(C)Oc2cc(C#Cc4ccccc4C(F)(F)F)ccc2-3)n1. The summed E-state index contributed by atoms with van der Waals surface area (Å²) in [6, 6.07) is 10.6. The van der Waals surface area contributed by atoms with Crippen LogP contribution >= 0.6 is 11.3 Å². The van der Waals surface area contributed by atoms with E-state index in [1.165, 1.54) is 23.5 Å². The predicted octanol–water partition coefficient (Wildman–Crippen LogP) is 6.55. The molecule has 0 amide bonds. The largest absolute Gasteiger partial charge is 0.481 e. The van der Waals surface area contributed by atoms with Gasteiger partial charge in [0.15, 0.2) is 10.8 Å². The van der Waals surface area contributed by atoms with Crippen LogP contribution in [0.1, 0.15) is 41.9 Å². The number of aromatic nitrogens is 3. The van der Waals surface area contributed by atoms with Crippen molar-refractivity contribution in [1.82, 2.24) is 15.0 Å². The molecule has 1 N–H and O–H groups in total. The number of thiazole rings is 1. The molecule has 1 aliphatic rings. The first-order valence-corrected chi connectivity index (χ1v) is 11.0. The molecule has 2 aromatic carbocycles. The van der Waals surface area contributed by atoms with E-state index >= 15 is 0 Å². The molecular weight excluding hydrogens is 447 g/mol. The van der Waals surface area contributed by atoms with E-state index in [9.17, 15) is 13.2 Å². The molecule has 4 nitrogen and oxygen atoms in total. The number of benzene rings is 2. The summed E-state index contributed by atoms with van der Waals surface area (Å²) >= 11 is 1.51.